The second kappa shape index (κ2) is 7.21. The average molecular weight is 292 g/mol. The number of nitrogens with one attached hydrogen (secondary N) is 1. The van der Waals surface area contributed by atoms with Crippen LogP contribution in [-0.2, 0) is 19.7 Å². The van der Waals surface area contributed by atoms with Crippen molar-refractivity contribution in [3.8, 4) is 0 Å². The van der Waals surface area contributed by atoms with Crippen molar-refractivity contribution in [3.63, 3.8) is 0 Å². The zero-order chi connectivity index (χ0) is 14.5. The van der Waals surface area contributed by atoms with E-state index in [9.17, 15) is 13.2 Å². The molecule has 7 heteroatoms. The molecule has 0 amide bonds. The predicted molar refractivity (Wildman–Crippen MR) is 72.7 cm³/mol. The molecule has 1 fully saturated rings. The van der Waals surface area contributed by atoms with Gasteiger partial charge < -0.3 is 4.74 Å². The van der Waals surface area contributed by atoms with Crippen molar-refractivity contribution in [1.29, 1.82) is 0 Å². The van der Waals surface area contributed by atoms with Gasteiger partial charge in [0.25, 0.3) is 10.2 Å². The van der Waals surface area contributed by atoms with Gasteiger partial charge in [0.1, 0.15) is 0 Å². The third kappa shape index (κ3) is 5.88. The zero-order valence-corrected chi connectivity index (χ0v) is 12.7. The zero-order valence-electron chi connectivity index (χ0n) is 11.9. The highest BCUT2D eigenvalue weighted by Gasteiger charge is 2.28. The van der Waals surface area contributed by atoms with Gasteiger partial charge in [-0.2, -0.15) is 17.4 Å². The standard InChI is InChI=1S/C12H24N2O4S/c1-4-11(9-10-5-6-10)13-19(16,17)14(2)8-7-12(15)18-3/h10-11,13H,4-9H2,1-3H3. The van der Waals surface area contributed by atoms with E-state index in [-0.39, 0.29) is 19.0 Å². The Bertz CT molecular complexity index is 393. The Hall–Kier alpha value is -0.660. The van der Waals surface area contributed by atoms with E-state index in [1.807, 2.05) is 6.92 Å². The van der Waals surface area contributed by atoms with E-state index < -0.39 is 16.2 Å². The molecule has 0 saturated heterocycles. The van der Waals surface area contributed by atoms with Gasteiger partial charge in [0, 0.05) is 19.6 Å². The summed E-state index contributed by atoms with van der Waals surface area (Å²) in [6.45, 7) is 2.10. The van der Waals surface area contributed by atoms with Crippen molar-refractivity contribution < 1.29 is 17.9 Å². The summed E-state index contributed by atoms with van der Waals surface area (Å²) in [7, 11) is -0.761. The fourth-order valence-electron chi connectivity index (χ4n) is 1.83. The molecule has 0 aromatic carbocycles. The summed E-state index contributed by atoms with van der Waals surface area (Å²) in [4.78, 5) is 11.0. The van der Waals surface area contributed by atoms with Gasteiger partial charge in [-0.3, -0.25) is 4.79 Å². The Balaban J connectivity index is 2.45. The van der Waals surface area contributed by atoms with E-state index in [0.717, 1.165) is 12.8 Å². The lowest BCUT2D eigenvalue weighted by Gasteiger charge is -2.22. The second-order valence-corrected chi connectivity index (χ2v) is 6.86. The van der Waals surface area contributed by atoms with Gasteiger partial charge in [0.15, 0.2) is 0 Å². The van der Waals surface area contributed by atoms with Crippen LogP contribution in [0.25, 0.3) is 0 Å². The SMILES string of the molecule is CCC(CC1CC1)NS(=O)(=O)N(C)CCC(=O)OC. The molecule has 1 saturated carbocycles. The molecule has 1 atom stereocenters. The third-order valence-electron chi connectivity index (χ3n) is 3.39. The number of hydrogen-bond acceptors (Lipinski definition) is 4. The Morgan fingerprint density at radius 2 is 2.11 bits per heavy atom. The number of esters is 1. The Morgan fingerprint density at radius 1 is 1.47 bits per heavy atom. The molecular weight excluding hydrogens is 268 g/mol. The van der Waals surface area contributed by atoms with Gasteiger partial charge in [0.2, 0.25) is 0 Å². The maximum atomic E-state index is 12.1. The highest BCUT2D eigenvalue weighted by atomic mass is 32.2. The monoisotopic (exact) mass is 292 g/mol. The third-order valence-corrected chi connectivity index (χ3v) is 5.03. The lowest BCUT2D eigenvalue weighted by Crippen LogP contribution is -2.44. The lowest BCUT2D eigenvalue weighted by molar-refractivity contribution is -0.140. The molecular formula is C12H24N2O4S. The van der Waals surface area contributed by atoms with E-state index in [1.165, 1.54) is 31.3 Å². The van der Waals surface area contributed by atoms with Crippen molar-refractivity contribution in [2.24, 2.45) is 5.92 Å². The maximum absolute atomic E-state index is 12.1. The van der Waals surface area contributed by atoms with Gasteiger partial charge in [-0.1, -0.05) is 19.8 Å². The van der Waals surface area contributed by atoms with E-state index >= 15 is 0 Å². The molecule has 19 heavy (non-hydrogen) atoms. The maximum Gasteiger partial charge on any atom is 0.306 e. The summed E-state index contributed by atoms with van der Waals surface area (Å²) in [6, 6.07) is -0.0157. The first-order valence-electron chi connectivity index (χ1n) is 6.69. The van der Waals surface area contributed by atoms with Crippen LogP contribution >= 0.6 is 0 Å². The van der Waals surface area contributed by atoms with E-state index in [1.54, 1.807) is 0 Å². The van der Waals surface area contributed by atoms with Crippen molar-refractivity contribution in [2.75, 3.05) is 20.7 Å². The normalized spacial score (nSPS) is 17.5. The number of ether oxygens (including phenoxy) is 1. The van der Waals surface area contributed by atoms with Crippen LogP contribution in [0.3, 0.4) is 0 Å². The van der Waals surface area contributed by atoms with Crippen LogP contribution in [-0.4, -0.2) is 45.4 Å². The molecule has 0 aliphatic heterocycles. The molecule has 1 aliphatic carbocycles. The molecule has 0 aromatic heterocycles. The van der Waals surface area contributed by atoms with Crippen LogP contribution in [0.15, 0.2) is 0 Å². The summed E-state index contributed by atoms with van der Waals surface area (Å²) in [5, 5.41) is 0. The van der Waals surface area contributed by atoms with Gasteiger partial charge >= 0.3 is 5.97 Å². The van der Waals surface area contributed by atoms with Crippen molar-refractivity contribution >= 4 is 16.2 Å². The van der Waals surface area contributed by atoms with Crippen LogP contribution in [0, 0.1) is 5.92 Å². The summed E-state index contributed by atoms with van der Waals surface area (Å²) < 4.78 is 32.5. The van der Waals surface area contributed by atoms with Crippen molar-refractivity contribution in [2.45, 2.75) is 45.1 Å². The van der Waals surface area contributed by atoms with Crippen molar-refractivity contribution in [1.82, 2.24) is 9.03 Å². The van der Waals surface area contributed by atoms with Crippen LogP contribution in [0.4, 0.5) is 0 Å². The first-order chi connectivity index (χ1) is 8.89. The number of rotatable bonds is 9. The van der Waals surface area contributed by atoms with Crippen LogP contribution < -0.4 is 4.72 Å². The quantitative estimate of drug-likeness (QED) is 0.641. The Labute approximate surface area is 115 Å². The summed E-state index contributed by atoms with van der Waals surface area (Å²) in [5.41, 5.74) is 0. The van der Waals surface area contributed by atoms with E-state index in [4.69, 9.17) is 0 Å². The van der Waals surface area contributed by atoms with Gasteiger partial charge in [0.05, 0.1) is 13.5 Å². The first-order valence-corrected chi connectivity index (χ1v) is 8.13. The highest BCUT2D eigenvalue weighted by Crippen LogP contribution is 2.34. The molecule has 6 nitrogen and oxygen atoms in total. The summed E-state index contributed by atoms with van der Waals surface area (Å²) in [6.07, 6.45) is 4.15. The molecule has 1 aliphatic rings. The molecule has 0 radical (unpaired) electrons. The average Bonchev–Trinajstić information content (AvgIpc) is 3.17. The molecule has 0 heterocycles. The first kappa shape index (κ1) is 16.4. The summed E-state index contributed by atoms with van der Waals surface area (Å²) >= 11 is 0. The smallest absolute Gasteiger partial charge is 0.306 e. The molecule has 0 bridgehead atoms. The highest BCUT2D eigenvalue weighted by molar-refractivity contribution is 7.87. The molecule has 0 aromatic rings. The van der Waals surface area contributed by atoms with Crippen LogP contribution in [0.1, 0.15) is 39.0 Å². The number of hydrogen-bond donors (Lipinski definition) is 1. The van der Waals surface area contributed by atoms with Crippen molar-refractivity contribution in [3.05, 3.63) is 0 Å². The molecule has 0 spiro atoms. The molecule has 1 unspecified atom stereocenters. The number of nitrogens with zero attached hydrogens (tertiary/aromatic N) is 1. The second-order valence-electron chi connectivity index (χ2n) is 5.05. The van der Waals surface area contributed by atoms with E-state index in [2.05, 4.69) is 9.46 Å². The summed E-state index contributed by atoms with van der Waals surface area (Å²) in [5.74, 6) is 0.264. The molecule has 112 valence electrons. The Kier molecular flexibility index (Phi) is 6.22. The number of methoxy groups -OCH3 is 1. The minimum Gasteiger partial charge on any atom is -0.469 e. The van der Waals surface area contributed by atoms with Gasteiger partial charge in [-0.15, -0.1) is 0 Å². The fraction of sp³-hybridized carbons (Fsp3) is 0.917. The topological polar surface area (TPSA) is 75.7 Å². The fourth-order valence-corrected chi connectivity index (χ4v) is 3.02. The lowest BCUT2D eigenvalue weighted by atomic mass is 10.1. The molecule has 1 rings (SSSR count). The molecule has 1 N–H and O–H groups in total. The largest absolute Gasteiger partial charge is 0.469 e. The van der Waals surface area contributed by atoms with E-state index in [0.29, 0.717) is 5.92 Å². The minimum absolute atomic E-state index is 0.0157. The Morgan fingerprint density at radius 3 is 2.58 bits per heavy atom. The number of carbonyl (C=O) groups excluding carboxylic acids is 1. The van der Waals surface area contributed by atoms with Crippen LogP contribution in [0.2, 0.25) is 0 Å². The van der Waals surface area contributed by atoms with Crippen LogP contribution in [0.5, 0.6) is 0 Å². The minimum atomic E-state index is -3.52. The number of carbonyl (C=O) groups is 1. The van der Waals surface area contributed by atoms with Gasteiger partial charge in [-0.25, -0.2) is 0 Å². The predicted octanol–water partition coefficient (Wildman–Crippen LogP) is 0.894. The van der Waals surface area contributed by atoms with Gasteiger partial charge in [-0.05, 0) is 18.8 Å².